The Balaban J connectivity index is 0.898. The van der Waals surface area contributed by atoms with Crippen molar-refractivity contribution < 1.29 is 22.7 Å². The predicted molar refractivity (Wildman–Crippen MR) is 276 cm³/mol. The summed E-state index contributed by atoms with van der Waals surface area (Å²) in [6.07, 6.45) is 6.04. The molecule has 2 aliphatic heterocycles. The lowest BCUT2D eigenvalue weighted by atomic mass is 9.80. The van der Waals surface area contributed by atoms with E-state index < -0.39 is 11.6 Å². The topological polar surface area (TPSA) is 38.1 Å². The summed E-state index contributed by atoms with van der Waals surface area (Å²) in [5, 5.41) is 3.75. The van der Waals surface area contributed by atoms with Crippen LogP contribution in [0.1, 0.15) is 31.9 Å². The Morgan fingerprint density at radius 1 is 0.522 bits per heavy atom. The van der Waals surface area contributed by atoms with E-state index in [1.165, 1.54) is 34.4 Å². The van der Waals surface area contributed by atoms with E-state index in [9.17, 15) is 4.39 Å². The highest BCUT2D eigenvalue weighted by atomic mass is 19.1. The molecular weight excluding hydrogens is 859 g/mol. The summed E-state index contributed by atoms with van der Waals surface area (Å²) < 4.78 is 50.5. The largest absolute Gasteiger partial charge is 0.456 e. The van der Waals surface area contributed by atoms with Crippen LogP contribution in [0.3, 0.4) is 0 Å². The third-order valence-corrected chi connectivity index (χ3v) is 14.2. The molecule has 9 aromatic carbocycles. The third-order valence-electron chi connectivity index (χ3n) is 14.2. The molecule has 13 rings (SSSR count). The van der Waals surface area contributed by atoms with Gasteiger partial charge in [-0.2, -0.15) is 0 Å². The Bertz CT molecular complexity index is 3900. The molecule has 0 unspecified atom stereocenters. The van der Waals surface area contributed by atoms with Gasteiger partial charge < -0.3 is 23.7 Å². The second-order valence-corrected chi connectivity index (χ2v) is 18.4. The van der Waals surface area contributed by atoms with Crippen LogP contribution in [0.15, 0.2) is 205 Å². The molecule has 0 saturated carbocycles. The monoisotopic (exact) mass is 900 g/mol. The molecule has 3 heterocycles. The van der Waals surface area contributed by atoms with Crippen LogP contribution in [0.4, 0.5) is 42.9 Å². The van der Waals surface area contributed by atoms with E-state index in [1.807, 2.05) is 91.0 Å². The lowest BCUT2D eigenvalue weighted by Gasteiger charge is -2.31. The smallest absolute Gasteiger partial charge is 0.159 e. The van der Waals surface area contributed by atoms with Crippen LogP contribution in [-0.2, 0) is 5.41 Å². The van der Waals surface area contributed by atoms with Gasteiger partial charge in [-0.05, 0) is 137 Å². The van der Waals surface area contributed by atoms with E-state index in [1.54, 1.807) is 4.90 Å². The first-order valence-corrected chi connectivity index (χ1v) is 23.1. The summed E-state index contributed by atoms with van der Waals surface area (Å²) in [5.41, 5.74) is 14.6. The van der Waals surface area contributed by atoms with Gasteiger partial charge in [0, 0.05) is 73.3 Å². The summed E-state index contributed by atoms with van der Waals surface area (Å²) in [6.45, 7) is 10.7. The minimum atomic E-state index is -0.710. The highest BCUT2D eigenvalue weighted by Gasteiger charge is 2.36. The molecule has 1 aliphatic carbocycles. The van der Waals surface area contributed by atoms with Crippen molar-refractivity contribution in [1.29, 1.82) is 0 Å². The second-order valence-electron chi connectivity index (χ2n) is 18.4. The number of allylic oxidation sites excluding steroid dienone is 5. The molecule has 332 valence electrons. The van der Waals surface area contributed by atoms with Crippen molar-refractivity contribution in [3.05, 3.63) is 223 Å². The molecule has 0 radical (unpaired) electrons. The summed E-state index contributed by atoms with van der Waals surface area (Å²) in [6, 6.07) is 55.0. The average Bonchev–Trinajstić information content (AvgIpc) is 3.84. The fraction of sp³-hybridized carbons (Fsp3) is 0.0645. The number of hydrogen-bond acceptors (Lipinski definition) is 5. The van der Waals surface area contributed by atoms with Gasteiger partial charge in [0.1, 0.15) is 40.2 Å². The molecule has 0 saturated heterocycles. The summed E-state index contributed by atoms with van der Waals surface area (Å²) in [5.74, 6) is 1.40. The molecule has 1 aromatic heterocycles. The molecule has 69 heavy (non-hydrogen) atoms. The van der Waals surface area contributed by atoms with Gasteiger partial charge in [-0.25, -0.2) is 8.78 Å². The highest BCUT2D eigenvalue weighted by molar-refractivity contribution is 6.15. The fourth-order valence-electron chi connectivity index (χ4n) is 11.0. The Hall–Kier alpha value is -8.68. The first-order chi connectivity index (χ1) is 33.7. The number of para-hydroxylation sites is 3. The standard InChI is InChI=1S/C62H42F2N2O3/c1-5-6-17-49-36(2)42-24-21-39(33-50(42)62(49,3)4)65(38-13-8-7-9-14-38)40-22-25-44-46-27-31-56-60-47(28-30-55(59(46)60)67-57(44)34-40)45-26-23-41(35-58(45)68-56)66(52-29-20-37(63)32-51(52)64)53-18-12-16-48-43-15-10-11-19-54(43)69-61(48)53/h5-35H,1H2,2-4H3/b17-6-. The zero-order chi connectivity index (χ0) is 46.7. The second kappa shape index (κ2) is 15.2. The highest BCUT2D eigenvalue weighted by Crippen LogP contribution is 2.57. The maximum absolute atomic E-state index is 16.0. The molecule has 0 fully saturated rings. The van der Waals surface area contributed by atoms with E-state index in [0.29, 0.717) is 34.0 Å². The van der Waals surface area contributed by atoms with Gasteiger partial charge in [-0.3, -0.25) is 0 Å². The quantitative estimate of drug-likeness (QED) is 0.142. The molecule has 5 nitrogen and oxygen atoms in total. The SMILES string of the molecule is C=C/C=C\C1=C(C)c2ccc(N(c3ccccc3)c3ccc4c(c3)Oc3ccc5c6c(ccc-4c36)Oc3cc(N(c4ccc(F)cc4F)c4cccc6c4oc4ccccc46)ccc3-5)cc2C1(C)C. The van der Waals surface area contributed by atoms with Crippen molar-refractivity contribution >= 4 is 72.4 Å². The van der Waals surface area contributed by atoms with E-state index >= 15 is 4.39 Å². The lowest BCUT2D eigenvalue weighted by molar-refractivity contribution is 0.480. The first-order valence-electron chi connectivity index (χ1n) is 23.1. The lowest BCUT2D eigenvalue weighted by Crippen LogP contribution is -2.17. The van der Waals surface area contributed by atoms with Crippen LogP contribution >= 0.6 is 0 Å². The number of hydrogen-bond donors (Lipinski definition) is 0. The van der Waals surface area contributed by atoms with Gasteiger partial charge in [0.2, 0.25) is 0 Å². The van der Waals surface area contributed by atoms with Crippen LogP contribution in [0.25, 0.3) is 60.5 Å². The Morgan fingerprint density at radius 3 is 1.81 bits per heavy atom. The molecule has 0 N–H and O–H groups in total. The number of nitrogens with zero attached hydrogens (tertiary/aromatic N) is 2. The molecule has 0 atom stereocenters. The number of furan rings is 1. The van der Waals surface area contributed by atoms with Gasteiger partial charge in [0.05, 0.1) is 17.1 Å². The van der Waals surface area contributed by atoms with Gasteiger partial charge in [-0.1, -0.05) is 93.3 Å². The van der Waals surface area contributed by atoms with E-state index in [-0.39, 0.29) is 11.1 Å². The Kier molecular flexibility index (Phi) is 8.92. The Labute approximate surface area is 397 Å². The molecular formula is C62H42F2N2O3. The zero-order valence-corrected chi connectivity index (χ0v) is 38.0. The molecule has 0 bridgehead atoms. The van der Waals surface area contributed by atoms with Crippen molar-refractivity contribution in [2.45, 2.75) is 26.2 Å². The summed E-state index contributed by atoms with van der Waals surface area (Å²) in [7, 11) is 0. The molecule has 0 amide bonds. The van der Waals surface area contributed by atoms with Crippen molar-refractivity contribution in [3.63, 3.8) is 0 Å². The number of benzene rings is 9. The number of fused-ring (bicyclic) bond motifs is 8. The van der Waals surface area contributed by atoms with Gasteiger partial charge in [-0.15, -0.1) is 0 Å². The van der Waals surface area contributed by atoms with Crippen molar-refractivity contribution in [2.24, 2.45) is 0 Å². The van der Waals surface area contributed by atoms with Crippen LogP contribution in [-0.4, -0.2) is 0 Å². The van der Waals surface area contributed by atoms with Gasteiger partial charge in [0.25, 0.3) is 0 Å². The fourth-order valence-corrected chi connectivity index (χ4v) is 11.0. The summed E-state index contributed by atoms with van der Waals surface area (Å²) >= 11 is 0. The number of halogens is 2. The Morgan fingerprint density at radius 2 is 1.13 bits per heavy atom. The van der Waals surface area contributed by atoms with E-state index in [2.05, 4.69) is 111 Å². The maximum Gasteiger partial charge on any atom is 0.159 e. The minimum absolute atomic E-state index is 0.166. The van der Waals surface area contributed by atoms with E-state index in [0.717, 1.165) is 78.4 Å². The van der Waals surface area contributed by atoms with Gasteiger partial charge in [0.15, 0.2) is 5.58 Å². The van der Waals surface area contributed by atoms with Crippen LogP contribution in [0.5, 0.6) is 23.0 Å². The first kappa shape index (κ1) is 40.6. The normalized spacial score (nSPS) is 13.9. The van der Waals surface area contributed by atoms with Crippen molar-refractivity contribution in [3.8, 4) is 45.3 Å². The van der Waals surface area contributed by atoms with Crippen molar-refractivity contribution in [2.75, 3.05) is 9.80 Å². The predicted octanol–water partition coefficient (Wildman–Crippen LogP) is 18.3. The minimum Gasteiger partial charge on any atom is -0.456 e. The summed E-state index contributed by atoms with van der Waals surface area (Å²) in [4.78, 5) is 4.06. The average molecular weight is 901 g/mol. The molecule has 7 heteroatoms. The molecule has 3 aliphatic rings. The maximum atomic E-state index is 16.0. The molecule has 0 spiro atoms. The van der Waals surface area contributed by atoms with Crippen molar-refractivity contribution in [1.82, 2.24) is 0 Å². The number of ether oxygens (including phenoxy) is 2. The van der Waals surface area contributed by atoms with Crippen LogP contribution < -0.4 is 19.3 Å². The van der Waals surface area contributed by atoms with Crippen LogP contribution in [0, 0.1) is 11.6 Å². The van der Waals surface area contributed by atoms with E-state index in [4.69, 9.17) is 13.9 Å². The number of rotatable bonds is 8. The van der Waals surface area contributed by atoms with Gasteiger partial charge >= 0.3 is 0 Å². The van der Waals surface area contributed by atoms with Crippen LogP contribution in [0.2, 0.25) is 0 Å². The molecule has 10 aromatic rings. The third kappa shape index (κ3) is 6.13. The number of anilines is 6. The zero-order valence-electron chi connectivity index (χ0n) is 38.0.